The number of para-hydroxylation sites is 1. The smallest absolute Gasteiger partial charge is 0.338 e. The van der Waals surface area contributed by atoms with Gasteiger partial charge in [0.25, 0.3) is 0 Å². The molecule has 6 heteroatoms. The summed E-state index contributed by atoms with van der Waals surface area (Å²) in [5, 5.41) is 3.71. The molecular weight excluding hydrogens is 368 g/mol. The highest BCUT2D eigenvalue weighted by Gasteiger charge is 2.13. The van der Waals surface area contributed by atoms with Crippen molar-refractivity contribution < 1.29 is 19.1 Å². The lowest BCUT2D eigenvalue weighted by Gasteiger charge is -2.08. The van der Waals surface area contributed by atoms with Crippen LogP contribution in [0.3, 0.4) is 0 Å². The fourth-order valence-corrected chi connectivity index (χ4v) is 2.98. The fourth-order valence-electron chi connectivity index (χ4n) is 2.98. The van der Waals surface area contributed by atoms with Gasteiger partial charge in [0.05, 0.1) is 17.7 Å². The number of unbranched alkanes of at least 4 members (excludes halogenated alkanes) is 1. The number of esters is 1. The Morgan fingerprint density at radius 1 is 1.00 bits per heavy atom. The largest absolute Gasteiger partial charge is 0.462 e. The number of fused-ring (bicyclic) bond motifs is 1. The van der Waals surface area contributed by atoms with Crippen LogP contribution >= 0.6 is 0 Å². The van der Waals surface area contributed by atoms with Crippen LogP contribution in [-0.4, -0.2) is 29.0 Å². The molecule has 6 nitrogen and oxygen atoms in total. The Balaban J connectivity index is 1.55. The maximum absolute atomic E-state index is 12.5. The van der Waals surface area contributed by atoms with Gasteiger partial charge in [0.1, 0.15) is 0 Å². The third kappa shape index (κ3) is 5.31. The van der Waals surface area contributed by atoms with E-state index in [1.54, 1.807) is 35.0 Å². The van der Waals surface area contributed by atoms with E-state index in [1.165, 1.54) is 0 Å². The van der Waals surface area contributed by atoms with Gasteiger partial charge in [0, 0.05) is 30.1 Å². The van der Waals surface area contributed by atoms with Crippen LogP contribution in [0.2, 0.25) is 0 Å². The molecule has 1 N–H and O–H groups in total. The highest BCUT2D eigenvalue weighted by Crippen LogP contribution is 2.16. The standard InChI is InChI=1S/C23H24N2O4/c1-2-3-15-29-23(28)18-8-6-9-19(16-18)24-21(26)11-12-22(27)25-14-13-17-7-4-5-10-20(17)25/h4-10,13-14,16H,2-3,11-12,15H2,1H3,(H,24,26). The molecule has 0 atom stereocenters. The third-order valence-corrected chi connectivity index (χ3v) is 4.55. The van der Waals surface area contributed by atoms with Gasteiger partial charge in [-0.3, -0.25) is 14.2 Å². The SMILES string of the molecule is CCCCOC(=O)c1cccc(NC(=O)CCC(=O)n2ccc3ccccc32)c1. The molecule has 3 rings (SSSR count). The van der Waals surface area contributed by atoms with Gasteiger partial charge in [-0.15, -0.1) is 0 Å². The second-order valence-electron chi connectivity index (χ2n) is 6.76. The summed E-state index contributed by atoms with van der Waals surface area (Å²) in [4.78, 5) is 36.7. The fraction of sp³-hybridized carbons (Fsp3) is 0.261. The van der Waals surface area contributed by atoms with E-state index < -0.39 is 5.97 Å². The molecule has 3 aromatic rings. The molecule has 1 amide bonds. The van der Waals surface area contributed by atoms with Crippen LogP contribution < -0.4 is 5.32 Å². The number of nitrogens with one attached hydrogen (secondary N) is 1. The maximum Gasteiger partial charge on any atom is 0.338 e. The first-order chi connectivity index (χ1) is 14.1. The van der Waals surface area contributed by atoms with E-state index in [0.29, 0.717) is 17.9 Å². The Kier molecular flexibility index (Phi) is 6.79. The van der Waals surface area contributed by atoms with Crippen LogP contribution in [0.1, 0.15) is 47.8 Å². The van der Waals surface area contributed by atoms with Gasteiger partial charge in [-0.25, -0.2) is 4.79 Å². The van der Waals surface area contributed by atoms with Crippen molar-refractivity contribution in [2.24, 2.45) is 0 Å². The first kappa shape index (κ1) is 20.3. The topological polar surface area (TPSA) is 77.4 Å². The molecule has 2 aromatic carbocycles. The van der Waals surface area contributed by atoms with Gasteiger partial charge < -0.3 is 10.1 Å². The number of ether oxygens (including phenoxy) is 1. The zero-order valence-corrected chi connectivity index (χ0v) is 16.4. The molecule has 0 bridgehead atoms. The molecule has 0 unspecified atom stereocenters. The molecule has 0 aliphatic heterocycles. The van der Waals surface area contributed by atoms with E-state index in [1.807, 2.05) is 37.3 Å². The Morgan fingerprint density at radius 2 is 1.83 bits per heavy atom. The van der Waals surface area contributed by atoms with Crippen molar-refractivity contribution in [2.75, 3.05) is 11.9 Å². The van der Waals surface area contributed by atoms with Gasteiger partial charge in [-0.05, 0) is 36.8 Å². The molecule has 1 aromatic heterocycles. The van der Waals surface area contributed by atoms with Crippen LogP contribution in [-0.2, 0) is 9.53 Å². The Hall–Kier alpha value is -3.41. The minimum Gasteiger partial charge on any atom is -0.462 e. The molecule has 0 saturated heterocycles. The molecule has 0 fully saturated rings. The first-order valence-electron chi connectivity index (χ1n) is 9.75. The molecule has 1 heterocycles. The van der Waals surface area contributed by atoms with Crippen LogP contribution in [0.5, 0.6) is 0 Å². The molecule has 0 radical (unpaired) electrons. The number of hydrogen-bond donors (Lipinski definition) is 1. The summed E-state index contributed by atoms with van der Waals surface area (Å²) < 4.78 is 6.75. The van der Waals surface area contributed by atoms with E-state index in [-0.39, 0.29) is 24.7 Å². The number of rotatable bonds is 8. The number of amides is 1. The molecule has 0 spiro atoms. The summed E-state index contributed by atoms with van der Waals surface area (Å²) in [6, 6.07) is 16.1. The second-order valence-corrected chi connectivity index (χ2v) is 6.76. The van der Waals surface area contributed by atoms with Crippen molar-refractivity contribution in [3.8, 4) is 0 Å². The highest BCUT2D eigenvalue weighted by molar-refractivity contribution is 5.97. The summed E-state index contributed by atoms with van der Waals surface area (Å²) >= 11 is 0. The van der Waals surface area contributed by atoms with Crippen molar-refractivity contribution in [2.45, 2.75) is 32.6 Å². The molecular formula is C23H24N2O4. The zero-order chi connectivity index (χ0) is 20.6. The van der Waals surface area contributed by atoms with Crippen LogP contribution in [0.15, 0.2) is 60.8 Å². The van der Waals surface area contributed by atoms with Crippen LogP contribution in [0, 0.1) is 0 Å². The minimum absolute atomic E-state index is 0.0521. The lowest BCUT2D eigenvalue weighted by atomic mass is 10.2. The number of carbonyl (C=O) groups is 3. The maximum atomic E-state index is 12.5. The minimum atomic E-state index is -0.413. The molecule has 0 aliphatic rings. The Labute approximate surface area is 169 Å². The second kappa shape index (κ2) is 9.68. The van der Waals surface area contributed by atoms with Crippen molar-refractivity contribution >= 4 is 34.4 Å². The normalized spacial score (nSPS) is 10.7. The Morgan fingerprint density at radius 3 is 2.66 bits per heavy atom. The van der Waals surface area contributed by atoms with E-state index >= 15 is 0 Å². The number of benzene rings is 2. The Bertz CT molecular complexity index is 1020. The number of hydrogen-bond acceptors (Lipinski definition) is 4. The lowest BCUT2D eigenvalue weighted by Crippen LogP contribution is -2.16. The van der Waals surface area contributed by atoms with Crippen LogP contribution in [0.4, 0.5) is 5.69 Å². The average Bonchev–Trinajstić information content (AvgIpc) is 3.16. The van der Waals surface area contributed by atoms with E-state index in [2.05, 4.69) is 5.32 Å². The molecule has 0 saturated carbocycles. The molecule has 0 aliphatic carbocycles. The zero-order valence-electron chi connectivity index (χ0n) is 16.4. The van der Waals surface area contributed by atoms with Gasteiger partial charge in [0.2, 0.25) is 11.8 Å². The van der Waals surface area contributed by atoms with Gasteiger partial charge >= 0.3 is 5.97 Å². The van der Waals surface area contributed by atoms with Crippen molar-refractivity contribution in [3.63, 3.8) is 0 Å². The van der Waals surface area contributed by atoms with E-state index in [0.717, 1.165) is 23.7 Å². The predicted molar refractivity (Wildman–Crippen MR) is 112 cm³/mol. The highest BCUT2D eigenvalue weighted by atomic mass is 16.5. The monoisotopic (exact) mass is 392 g/mol. The number of aromatic nitrogens is 1. The van der Waals surface area contributed by atoms with Crippen molar-refractivity contribution in [1.29, 1.82) is 0 Å². The third-order valence-electron chi connectivity index (χ3n) is 4.55. The van der Waals surface area contributed by atoms with Crippen LogP contribution in [0.25, 0.3) is 10.9 Å². The van der Waals surface area contributed by atoms with E-state index in [4.69, 9.17) is 4.74 Å². The number of nitrogens with zero attached hydrogens (tertiary/aromatic N) is 1. The quantitative estimate of drug-likeness (QED) is 0.447. The summed E-state index contributed by atoms with van der Waals surface area (Å²) in [6.07, 6.45) is 3.62. The first-order valence-corrected chi connectivity index (χ1v) is 9.75. The van der Waals surface area contributed by atoms with Gasteiger partial charge in [-0.2, -0.15) is 0 Å². The van der Waals surface area contributed by atoms with Gasteiger partial charge in [0.15, 0.2) is 0 Å². The van der Waals surface area contributed by atoms with Crippen molar-refractivity contribution in [1.82, 2.24) is 4.57 Å². The average molecular weight is 392 g/mol. The summed E-state index contributed by atoms with van der Waals surface area (Å²) in [6.45, 7) is 2.40. The van der Waals surface area contributed by atoms with E-state index in [9.17, 15) is 14.4 Å². The number of carbonyl (C=O) groups excluding carboxylic acids is 3. The van der Waals surface area contributed by atoms with Crippen molar-refractivity contribution in [3.05, 3.63) is 66.4 Å². The summed E-state index contributed by atoms with van der Waals surface area (Å²) in [5.41, 5.74) is 1.71. The van der Waals surface area contributed by atoms with Gasteiger partial charge in [-0.1, -0.05) is 37.6 Å². The predicted octanol–water partition coefficient (Wildman–Crippen LogP) is 4.66. The number of anilines is 1. The summed E-state index contributed by atoms with van der Waals surface area (Å²) in [5.74, 6) is -0.842. The summed E-state index contributed by atoms with van der Waals surface area (Å²) in [7, 11) is 0. The lowest BCUT2D eigenvalue weighted by molar-refractivity contribution is -0.116. The molecule has 29 heavy (non-hydrogen) atoms. The molecule has 150 valence electrons.